The Morgan fingerprint density at radius 3 is 2.65 bits per heavy atom. The van der Waals surface area contributed by atoms with E-state index >= 15 is 0 Å². The molecule has 2 aromatic rings. The van der Waals surface area contributed by atoms with Crippen LogP contribution in [0.15, 0.2) is 173 Å². The van der Waals surface area contributed by atoms with E-state index in [2.05, 4.69) is 150 Å². The standard InChI is InChI=1S/C47H40N2/c1-4-18-37-34(15-1)38-19-5-6-24-44(38)49-46-42(37)22-10-23-43(46)48-47(49)32-14-8-12-30(28-32)29-11-7-13-31(27-29)33-25-26-41-36-17-3-2-16-35(36)40-21-9-20-39(33)45(40)41/h1-3,7-17,19-26,28,31,35-36,40,45,47-48H,4-6,18,27H2. The van der Waals surface area contributed by atoms with Crippen LogP contribution >= 0.6 is 0 Å². The zero-order valence-electron chi connectivity index (χ0n) is 27.7. The number of rotatable bonds is 3. The van der Waals surface area contributed by atoms with Crippen LogP contribution in [-0.4, -0.2) is 0 Å². The van der Waals surface area contributed by atoms with Crippen molar-refractivity contribution in [3.05, 3.63) is 190 Å². The van der Waals surface area contributed by atoms with Gasteiger partial charge in [-0.15, -0.1) is 0 Å². The minimum absolute atomic E-state index is 0.0411. The second kappa shape index (κ2) is 10.7. The second-order valence-corrected chi connectivity index (χ2v) is 15.0. The Kier molecular flexibility index (Phi) is 6.08. The van der Waals surface area contributed by atoms with Crippen molar-refractivity contribution in [1.29, 1.82) is 0 Å². The Morgan fingerprint density at radius 2 is 1.65 bits per heavy atom. The number of anilines is 2. The van der Waals surface area contributed by atoms with E-state index in [1.807, 2.05) is 0 Å². The summed E-state index contributed by atoms with van der Waals surface area (Å²) in [4.78, 5) is 2.62. The van der Waals surface area contributed by atoms with E-state index in [9.17, 15) is 0 Å². The van der Waals surface area contributed by atoms with Gasteiger partial charge in [0.1, 0.15) is 6.17 Å². The maximum absolute atomic E-state index is 3.99. The highest BCUT2D eigenvalue weighted by molar-refractivity contribution is 5.97. The van der Waals surface area contributed by atoms with Crippen LogP contribution in [0.1, 0.15) is 55.0 Å². The van der Waals surface area contributed by atoms with Crippen LogP contribution < -0.4 is 10.2 Å². The first-order valence-electron chi connectivity index (χ1n) is 18.4. The Bertz CT molecular complexity index is 2210. The van der Waals surface area contributed by atoms with Gasteiger partial charge >= 0.3 is 0 Å². The highest BCUT2D eigenvalue weighted by Crippen LogP contribution is 2.58. The van der Waals surface area contributed by atoms with Gasteiger partial charge in [-0.1, -0.05) is 133 Å². The van der Waals surface area contributed by atoms with Gasteiger partial charge in [0, 0.05) is 34.6 Å². The predicted molar refractivity (Wildman–Crippen MR) is 203 cm³/mol. The lowest BCUT2D eigenvalue weighted by Gasteiger charge is -2.34. The molecule has 238 valence electrons. The molecule has 2 nitrogen and oxygen atoms in total. The zero-order valence-corrected chi connectivity index (χ0v) is 27.7. The lowest BCUT2D eigenvalue weighted by atomic mass is 9.70. The van der Waals surface area contributed by atoms with Gasteiger partial charge in [0.15, 0.2) is 0 Å². The van der Waals surface area contributed by atoms with Gasteiger partial charge in [0.25, 0.3) is 0 Å². The number of hydrogen-bond donors (Lipinski definition) is 1. The summed E-state index contributed by atoms with van der Waals surface area (Å²) in [7, 11) is 0. The fourth-order valence-electron chi connectivity index (χ4n) is 10.5. The summed E-state index contributed by atoms with van der Waals surface area (Å²) in [6, 6.07) is 16.2. The van der Waals surface area contributed by atoms with Crippen molar-refractivity contribution in [3.63, 3.8) is 0 Å². The lowest BCUT2D eigenvalue weighted by molar-refractivity contribution is 0.450. The summed E-state index contributed by atoms with van der Waals surface area (Å²) in [5, 5.41) is 3.99. The van der Waals surface area contributed by atoms with Crippen molar-refractivity contribution >= 4 is 22.5 Å². The van der Waals surface area contributed by atoms with Gasteiger partial charge in [-0.05, 0) is 95.1 Å². The first-order valence-corrected chi connectivity index (χ1v) is 18.4. The van der Waals surface area contributed by atoms with Crippen LogP contribution in [0.3, 0.4) is 0 Å². The molecule has 0 bridgehead atoms. The van der Waals surface area contributed by atoms with Crippen LogP contribution in [0.4, 0.5) is 11.4 Å². The average molecular weight is 633 g/mol. The van der Waals surface area contributed by atoms with Crippen LogP contribution in [0, 0.1) is 29.6 Å². The van der Waals surface area contributed by atoms with Crippen molar-refractivity contribution in [2.45, 2.75) is 38.3 Å². The molecule has 0 radical (unpaired) electrons. The Balaban J connectivity index is 0.927. The van der Waals surface area contributed by atoms with Crippen molar-refractivity contribution in [1.82, 2.24) is 0 Å². The number of hydrogen-bond acceptors (Lipinski definition) is 2. The minimum atomic E-state index is 0.0411. The smallest absolute Gasteiger partial charge is 0.130 e. The molecule has 0 amide bonds. The van der Waals surface area contributed by atoms with Crippen LogP contribution in [0.5, 0.6) is 0 Å². The molecule has 49 heavy (non-hydrogen) atoms. The summed E-state index contributed by atoms with van der Waals surface area (Å²) in [6.45, 7) is 0. The van der Waals surface area contributed by atoms with Crippen LogP contribution in [0.25, 0.3) is 11.1 Å². The summed E-state index contributed by atoms with van der Waals surface area (Å²) in [6.07, 6.45) is 43.8. The molecule has 1 N–H and O–H groups in total. The third-order valence-corrected chi connectivity index (χ3v) is 12.5. The van der Waals surface area contributed by atoms with Crippen LogP contribution in [0.2, 0.25) is 0 Å². The normalized spacial score (nSPS) is 30.8. The van der Waals surface area contributed by atoms with Gasteiger partial charge < -0.3 is 10.2 Å². The van der Waals surface area contributed by atoms with Crippen LogP contribution in [-0.2, 0) is 0 Å². The summed E-state index contributed by atoms with van der Waals surface area (Å²) in [5.41, 5.74) is 18.4. The number of para-hydroxylation sites is 1. The van der Waals surface area contributed by atoms with E-state index < -0.39 is 0 Å². The first-order chi connectivity index (χ1) is 24.3. The van der Waals surface area contributed by atoms with Crippen molar-refractivity contribution in [3.8, 4) is 0 Å². The SMILES string of the molecule is C1=CC(C2=CC=C3C4C=CC=CC4C4C=CC=C2C34)CC(c2cccc(C3Nc4cccc5c4N3C3=CCCC=C3C3=C5CCC=C3)c2)=C1. The molecule has 1 fully saturated rings. The summed E-state index contributed by atoms with van der Waals surface area (Å²) >= 11 is 0. The van der Waals surface area contributed by atoms with Gasteiger partial charge in [-0.2, -0.15) is 0 Å². The molecule has 6 unspecified atom stereocenters. The third kappa shape index (κ3) is 4.07. The lowest BCUT2D eigenvalue weighted by Crippen LogP contribution is -2.29. The quantitative estimate of drug-likeness (QED) is 0.362. The second-order valence-electron chi connectivity index (χ2n) is 15.0. The first kappa shape index (κ1) is 27.8. The van der Waals surface area contributed by atoms with Gasteiger partial charge in [-0.25, -0.2) is 0 Å². The monoisotopic (exact) mass is 632 g/mol. The molecule has 7 aliphatic carbocycles. The summed E-state index contributed by atoms with van der Waals surface area (Å²) < 4.78 is 0. The highest BCUT2D eigenvalue weighted by atomic mass is 15.3. The fraction of sp³-hybridized carbons (Fsp3) is 0.234. The van der Waals surface area contributed by atoms with Crippen molar-refractivity contribution in [2.75, 3.05) is 10.2 Å². The van der Waals surface area contributed by atoms with Crippen molar-refractivity contribution in [2.24, 2.45) is 29.6 Å². The average Bonchev–Trinajstić information content (AvgIpc) is 3.69. The van der Waals surface area contributed by atoms with Crippen molar-refractivity contribution < 1.29 is 0 Å². The largest absolute Gasteiger partial charge is 0.359 e. The van der Waals surface area contributed by atoms with E-state index in [4.69, 9.17) is 0 Å². The molecule has 6 atom stereocenters. The van der Waals surface area contributed by atoms with E-state index in [0.29, 0.717) is 29.6 Å². The molecular weight excluding hydrogens is 593 g/mol. The molecule has 0 aromatic heterocycles. The molecule has 0 spiro atoms. The number of allylic oxidation sites excluding steroid dienone is 22. The van der Waals surface area contributed by atoms with Gasteiger partial charge in [0.05, 0.1) is 11.4 Å². The molecule has 2 aromatic carbocycles. The number of benzene rings is 2. The summed E-state index contributed by atoms with van der Waals surface area (Å²) in [5.74, 6) is 2.57. The molecule has 2 heteroatoms. The molecule has 2 heterocycles. The van der Waals surface area contributed by atoms with E-state index in [1.54, 1.807) is 11.1 Å². The Labute approximate surface area is 289 Å². The highest BCUT2D eigenvalue weighted by Gasteiger charge is 2.48. The molecule has 2 aliphatic heterocycles. The zero-order chi connectivity index (χ0) is 32.1. The predicted octanol–water partition coefficient (Wildman–Crippen LogP) is 11.3. The molecule has 9 aliphatic rings. The third-order valence-electron chi connectivity index (χ3n) is 12.5. The van der Waals surface area contributed by atoms with Gasteiger partial charge in [0.2, 0.25) is 0 Å². The molecule has 0 saturated heterocycles. The van der Waals surface area contributed by atoms with E-state index in [0.717, 1.165) is 32.1 Å². The number of fused-ring (bicyclic) bond motifs is 7. The Hall–Kier alpha value is -5.08. The molecule has 11 rings (SSSR count). The topological polar surface area (TPSA) is 15.3 Å². The maximum Gasteiger partial charge on any atom is 0.130 e. The van der Waals surface area contributed by atoms with Gasteiger partial charge in [-0.3, -0.25) is 0 Å². The minimum Gasteiger partial charge on any atom is -0.359 e. The molecule has 1 saturated carbocycles. The van der Waals surface area contributed by atoms with E-state index in [1.165, 1.54) is 61.6 Å². The fourth-order valence-corrected chi connectivity index (χ4v) is 10.5. The Morgan fingerprint density at radius 1 is 0.755 bits per heavy atom. The number of nitrogens with one attached hydrogen (secondary N) is 1. The van der Waals surface area contributed by atoms with E-state index in [-0.39, 0.29) is 6.17 Å². The number of nitrogens with zero attached hydrogens (tertiary/aromatic N) is 1. The molecular formula is C47H40N2. The maximum atomic E-state index is 3.99.